The molecule has 1 aliphatic carbocycles. The minimum Gasteiger partial charge on any atom is -0.295 e. The van der Waals surface area contributed by atoms with E-state index in [4.69, 9.17) is 0 Å². The first-order chi connectivity index (χ1) is 6.34. The molecule has 0 aromatic carbocycles. The van der Waals surface area contributed by atoms with Crippen LogP contribution < -0.4 is 0 Å². The first kappa shape index (κ1) is 10.2. The standard InChI is InChI=1S/C12H18O/c1-2-3-10-12(13)11-8-6-4-5-7-9-11/h2,8H,1,3-7,9-10H2. The van der Waals surface area contributed by atoms with Gasteiger partial charge in [0.15, 0.2) is 5.78 Å². The smallest absolute Gasteiger partial charge is 0.158 e. The first-order valence-corrected chi connectivity index (χ1v) is 5.17. The molecular formula is C12H18O. The second kappa shape index (κ2) is 5.74. The van der Waals surface area contributed by atoms with Gasteiger partial charge in [-0.1, -0.05) is 18.6 Å². The highest BCUT2D eigenvalue weighted by molar-refractivity contribution is 5.95. The normalized spacial score (nSPS) is 17.4. The van der Waals surface area contributed by atoms with Gasteiger partial charge in [0.1, 0.15) is 0 Å². The molecule has 0 atom stereocenters. The Labute approximate surface area is 80.5 Å². The van der Waals surface area contributed by atoms with Crippen LogP contribution in [0.25, 0.3) is 0 Å². The molecule has 13 heavy (non-hydrogen) atoms. The summed E-state index contributed by atoms with van der Waals surface area (Å²) < 4.78 is 0. The summed E-state index contributed by atoms with van der Waals surface area (Å²) in [5, 5.41) is 0. The van der Waals surface area contributed by atoms with Crippen LogP contribution in [0.2, 0.25) is 0 Å². The fourth-order valence-electron chi connectivity index (χ4n) is 1.66. The SMILES string of the molecule is C=CCCC(=O)C1=CCCCCC1. The lowest BCUT2D eigenvalue weighted by Crippen LogP contribution is -2.01. The number of carbonyl (C=O) groups is 1. The fourth-order valence-corrected chi connectivity index (χ4v) is 1.66. The Morgan fingerprint density at radius 3 is 3.08 bits per heavy atom. The van der Waals surface area contributed by atoms with E-state index in [9.17, 15) is 4.79 Å². The summed E-state index contributed by atoms with van der Waals surface area (Å²) in [6, 6.07) is 0. The largest absolute Gasteiger partial charge is 0.295 e. The van der Waals surface area contributed by atoms with E-state index in [0.717, 1.165) is 24.8 Å². The third-order valence-electron chi connectivity index (χ3n) is 2.47. The Bertz CT molecular complexity index is 213. The molecule has 0 N–H and O–H groups in total. The molecule has 0 radical (unpaired) electrons. The summed E-state index contributed by atoms with van der Waals surface area (Å²) in [4.78, 5) is 11.6. The second-order valence-corrected chi connectivity index (χ2v) is 3.58. The van der Waals surface area contributed by atoms with Crippen molar-refractivity contribution < 1.29 is 4.79 Å². The molecule has 0 spiro atoms. The van der Waals surface area contributed by atoms with Gasteiger partial charge in [-0.15, -0.1) is 6.58 Å². The molecule has 0 aromatic heterocycles. The van der Waals surface area contributed by atoms with Gasteiger partial charge in [0.25, 0.3) is 0 Å². The van der Waals surface area contributed by atoms with E-state index in [1.807, 2.05) is 6.08 Å². The highest BCUT2D eigenvalue weighted by Gasteiger charge is 2.09. The van der Waals surface area contributed by atoms with Gasteiger partial charge in [-0.3, -0.25) is 4.79 Å². The lowest BCUT2D eigenvalue weighted by Gasteiger charge is -2.02. The summed E-state index contributed by atoms with van der Waals surface area (Å²) >= 11 is 0. The lowest BCUT2D eigenvalue weighted by atomic mass is 10.0. The predicted molar refractivity (Wildman–Crippen MR) is 55.6 cm³/mol. The summed E-state index contributed by atoms with van der Waals surface area (Å²) in [6.07, 6.45) is 11.2. The third kappa shape index (κ3) is 3.58. The minimum atomic E-state index is 0.335. The second-order valence-electron chi connectivity index (χ2n) is 3.58. The number of carbonyl (C=O) groups excluding carboxylic acids is 1. The van der Waals surface area contributed by atoms with E-state index < -0.39 is 0 Å². The highest BCUT2D eigenvalue weighted by Crippen LogP contribution is 2.19. The fraction of sp³-hybridized carbons (Fsp3) is 0.583. The molecule has 0 bridgehead atoms. The lowest BCUT2D eigenvalue weighted by molar-refractivity contribution is -0.115. The summed E-state index contributed by atoms with van der Waals surface area (Å²) in [7, 11) is 0. The molecule has 1 aliphatic rings. The third-order valence-corrected chi connectivity index (χ3v) is 2.47. The average molecular weight is 178 g/mol. The van der Waals surface area contributed by atoms with Crippen molar-refractivity contribution in [1.29, 1.82) is 0 Å². The number of hydrogen-bond donors (Lipinski definition) is 0. The molecule has 0 fully saturated rings. The molecule has 0 amide bonds. The molecule has 72 valence electrons. The van der Waals surface area contributed by atoms with E-state index in [-0.39, 0.29) is 0 Å². The van der Waals surface area contributed by atoms with Crippen LogP contribution >= 0.6 is 0 Å². The average Bonchev–Trinajstić information content (AvgIpc) is 2.42. The molecule has 0 aliphatic heterocycles. The van der Waals surface area contributed by atoms with Crippen LogP contribution in [0.4, 0.5) is 0 Å². The Kier molecular flexibility index (Phi) is 4.52. The van der Waals surface area contributed by atoms with Crippen LogP contribution in [-0.2, 0) is 4.79 Å². The molecule has 0 heterocycles. The van der Waals surface area contributed by atoms with Crippen molar-refractivity contribution >= 4 is 5.78 Å². The Balaban J connectivity index is 2.43. The Morgan fingerprint density at radius 2 is 2.31 bits per heavy atom. The van der Waals surface area contributed by atoms with Crippen LogP contribution in [-0.4, -0.2) is 5.78 Å². The van der Waals surface area contributed by atoms with E-state index in [1.165, 1.54) is 19.3 Å². The van der Waals surface area contributed by atoms with Crippen LogP contribution in [0, 0.1) is 0 Å². The van der Waals surface area contributed by atoms with Crippen LogP contribution in [0.15, 0.2) is 24.3 Å². The number of Topliss-reactive ketones (excluding diaryl/α,β-unsaturated/α-hetero) is 1. The van der Waals surface area contributed by atoms with Crippen molar-refractivity contribution in [1.82, 2.24) is 0 Å². The molecule has 1 nitrogen and oxygen atoms in total. The quantitative estimate of drug-likeness (QED) is 0.603. The summed E-state index contributed by atoms with van der Waals surface area (Å²) in [5.74, 6) is 0.335. The zero-order valence-corrected chi connectivity index (χ0v) is 8.22. The number of hydrogen-bond acceptors (Lipinski definition) is 1. The van der Waals surface area contributed by atoms with Gasteiger partial charge in [-0.25, -0.2) is 0 Å². The maximum atomic E-state index is 11.6. The van der Waals surface area contributed by atoms with Gasteiger partial charge in [0.05, 0.1) is 0 Å². The Morgan fingerprint density at radius 1 is 1.46 bits per heavy atom. The Hall–Kier alpha value is -0.850. The van der Waals surface area contributed by atoms with Crippen molar-refractivity contribution in [3.8, 4) is 0 Å². The van der Waals surface area contributed by atoms with E-state index in [1.54, 1.807) is 0 Å². The summed E-state index contributed by atoms with van der Waals surface area (Å²) in [6.45, 7) is 3.62. The molecule has 0 aromatic rings. The zero-order valence-electron chi connectivity index (χ0n) is 8.22. The molecule has 1 heteroatoms. The van der Waals surface area contributed by atoms with Crippen LogP contribution in [0.5, 0.6) is 0 Å². The first-order valence-electron chi connectivity index (χ1n) is 5.17. The molecular weight excluding hydrogens is 160 g/mol. The van der Waals surface area contributed by atoms with Crippen molar-refractivity contribution in [2.45, 2.75) is 44.9 Å². The number of ketones is 1. The van der Waals surface area contributed by atoms with Gasteiger partial charge in [0, 0.05) is 6.42 Å². The monoisotopic (exact) mass is 178 g/mol. The van der Waals surface area contributed by atoms with E-state index in [0.29, 0.717) is 12.2 Å². The van der Waals surface area contributed by atoms with Gasteiger partial charge in [0.2, 0.25) is 0 Å². The predicted octanol–water partition coefficient (Wildman–Crippen LogP) is 3.41. The van der Waals surface area contributed by atoms with E-state index >= 15 is 0 Å². The minimum absolute atomic E-state index is 0.335. The van der Waals surface area contributed by atoms with Crippen LogP contribution in [0.1, 0.15) is 44.9 Å². The van der Waals surface area contributed by atoms with Gasteiger partial charge >= 0.3 is 0 Å². The number of rotatable bonds is 4. The molecule has 1 rings (SSSR count). The maximum absolute atomic E-state index is 11.6. The number of allylic oxidation sites excluding steroid dienone is 3. The zero-order chi connectivity index (χ0) is 9.52. The van der Waals surface area contributed by atoms with Gasteiger partial charge in [-0.05, 0) is 37.7 Å². The van der Waals surface area contributed by atoms with Crippen molar-refractivity contribution in [2.75, 3.05) is 0 Å². The topological polar surface area (TPSA) is 17.1 Å². The van der Waals surface area contributed by atoms with Crippen LogP contribution in [0.3, 0.4) is 0 Å². The van der Waals surface area contributed by atoms with Gasteiger partial charge in [-0.2, -0.15) is 0 Å². The maximum Gasteiger partial charge on any atom is 0.158 e. The molecule has 0 unspecified atom stereocenters. The van der Waals surface area contributed by atoms with Crippen molar-refractivity contribution in [3.63, 3.8) is 0 Å². The molecule has 0 saturated heterocycles. The molecule has 0 saturated carbocycles. The van der Waals surface area contributed by atoms with Crippen molar-refractivity contribution in [3.05, 3.63) is 24.3 Å². The van der Waals surface area contributed by atoms with Gasteiger partial charge < -0.3 is 0 Å². The van der Waals surface area contributed by atoms with Crippen molar-refractivity contribution in [2.24, 2.45) is 0 Å². The highest BCUT2D eigenvalue weighted by atomic mass is 16.1. The summed E-state index contributed by atoms with van der Waals surface area (Å²) in [5.41, 5.74) is 1.07. The van der Waals surface area contributed by atoms with E-state index in [2.05, 4.69) is 12.7 Å².